The Balaban J connectivity index is 1.46. The summed E-state index contributed by atoms with van der Waals surface area (Å²) < 4.78 is 13.3. The van der Waals surface area contributed by atoms with Crippen LogP contribution in [0.25, 0.3) is 0 Å². The second-order valence-corrected chi connectivity index (χ2v) is 7.59. The Bertz CT molecular complexity index is 690. The average Bonchev–Trinajstić information content (AvgIpc) is 3.45. The highest BCUT2D eigenvalue weighted by Crippen LogP contribution is 2.28. The number of hydrogen-bond donors (Lipinski definition) is 0. The number of morpholine rings is 1. The minimum Gasteiger partial charge on any atom is -0.378 e. The van der Waals surface area contributed by atoms with E-state index in [2.05, 4.69) is 11.2 Å². The molecule has 2 aliphatic rings. The Morgan fingerprint density at radius 3 is 2.93 bits per heavy atom. The summed E-state index contributed by atoms with van der Waals surface area (Å²) in [6.07, 6.45) is 4.14. The van der Waals surface area contributed by atoms with Crippen molar-refractivity contribution in [3.8, 4) is 6.07 Å². The molecule has 7 heteroatoms. The molecule has 0 N–H and O–H groups in total. The predicted molar refractivity (Wildman–Crippen MR) is 100 cm³/mol. The maximum Gasteiger partial charge on any atom is 0.223 e. The normalized spacial score (nSPS) is 19.9. The zero-order valence-corrected chi connectivity index (χ0v) is 16.4. The Morgan fingerprint density at radius 2 is 2.19 bits per heavy atom. The summed E-state index contributed by atoms with van der Waals surface area (Å²) in [6, 6.07) is 2.15. The molecule has 1 amide bonds. The van der Waals surface area contributed by atoms with Gasteiger partial charge in [0.25, 0.3) is 0 Å². The van der Waals surface area contributed by atoms with E-state index in [1.807, 2.05) is 23.4 Å². The molecular weight excluding hydrogens is 344 g/mol. The molecule has 1 aromatic rings. The summed E-state index contributed by atoms with van der Waals surface area (Å²) in [6.45, 7) is 7.82. The summed E-state index contributed by atoms with van der Waals surface area (Å²) in [4.78, 5) is 14.6. The van der Waals surface area contributed by atoms with Gasteiger partial charge in [0, 0.05) is 31.8 Å². The number of rotatable bonds is 9. The van der Waals surface area contributed by atoms with Crippen LogP contribution >= 0.6 is 0 Å². The lowest BCUT2D eigenvalue weighted by molar-refractivity contribution is -0.141. The Kier molecular flexibility index (Phi) is 6.86. The molecule has 7 nitrogen and oxygen atoms in total. The van der Waals surface area contributed by atoms with Crippen LogP contribution in [0.3, 0.4) is 0 Å². The Hall–Kier alpha value is -1.91. The van der Waals surface area contributed by atoms with E-state index in [-0.39, 0.29) is 12.0 Å². The van der Waals surface area contributed by atoms with Crippen molar-refractivity contribution in [1.29, 1.82) is 5.26 Å². The topological polar surface area (TPSA) is 80.4 Å². The van der Waals surface area contributed by atoms with Gasteiger partial charge >= 0.3 is 0 Å². The van der Waals surface area contributed by atoms with Crippen molar-refractivity contribution in [2.24, 2.45) is 5.92 Å². The summed E-state index contributed by atoms with van der Waals surface area (Å²) >= 11 is 0. The van der Waals surface area contributed by atoms with Gasteiger partial charge in [0.15, 0.2) is 0 Å². The number of carbonyl (C=O) groups is 1. The number of amides is 1. The van der Waals surface area contributed by atoms with E-state index >= 15 is 0 Å². The number of carbonyl (C=O) groups excluding carboxylic acids is 1. The van der Waals surface area contributed by atoms with Crippen LogP contribution in [0, 0.1) is 31.1 Å². The Morgan fingerprint density at radius 1 is 1.37 bits per heavy atom. The standard InChI is InChI=1S/C20H30N4O3/c1-15-19(16(2)24(22-15)9-3-8-21)6-7-20(25)23-10-11-27-18(12-23)14-26-13-17-4-5-17/h17-18H,3-7,9-14H2,1-2H3/t18-/m1/s1. The van der Waals surface area contributed by atoms with Crippen molar-refractivity contribution in [2.75, 3.05) is 32.9 Å². The molecule has 2 heterocycles. The van der Waals surface area contributed by atoms with Crippen LogP contribution in [0.1, 0.15) is 42.6 Å². The molecule has 0 unspecified atom stereocenters. The van der Waals surface area contributed by atoms with E-state index in [0.717, 1.165) is 29.5 Å². The van der Waals surface area contributed by atoms with Crippen LogP contribution in [0.2, 0.25) is 0 Å². The van der Waals surface area contributed by atoms with E-state index < -0.39 is 0 Å². The lowest BCUT2D eigenvalue weighted by Crippen LogP contribution is -2.47. The van der Waals surface area contributed by atoms with Gasteiger partial charge in [-0.3, -0.25) is 9.48 Å². The minimum absolute atomic E-state index is 0.0151. The largest absolute Gasteiger partial charge is 0.378 e. The molecule has 1 aliphatic heterocycles. The highest BCUT2D eigenvalue weighted by atomic mass is 16.5. The third-order valence-corrected chi connectivity index (χ3v) is 5.40. The fourth-order valence-corrected chi connectivity index (χ4v) is 3.56. The van der Waals surface area contributed by atoms with Crippen LogP contribution in [0.4, 0.5) is 0 Å². The van der Waals surface area contributed by atoms with Crippen molar-refractivity contribution in [3.63, 3.8) is 0 Å². The first-order chi connectivity index (χ1) is 13.1. The van der Waals surface area contributed by atoms with Crippen LogP contribution in [-0.2, 0) is 27.2 Å². The van der Waals surface area contributed by atoms with Gasteiger partial charge in [-0.2, -0.15) is 10.4 Å². The minimum atomic E-state index is -0.0151. The lowest BCUT2D eigenvalue weighted by atomic mass is 10.1. The number of nitriles is 1. The molecule has 27 heavy (non-hydrogen) atoms. The van der Waals surface area contributed by atoms with Gasteiger partial charge in [-0.15, -0.1) is 0 Å². The first kappa shape index (κ1) is 19.8. The fraction of sp³-hybridized carbons (Fsp3) is 0.750. The summed E-state index contributed by atoms with van der Waals surface area (Å²) in [5.41, 5.74) is 3.13. The third kappa shape index (κ3) is 5.53. The average molecular weight is 374 g/mol. The SMILES string of the molecule is Cc1nn(CCC#N)c(C)c1CCC(=O)N1CCO[C@@H](COCC2CC2)C1. The van der Waals surface area contributed by atoms with Crippen LogP contribution in [0.5, 0.6) is 0 Å². The maximum absolute atomic E-state index is 12.7. The number of hydrogen-bond acceptors (Lipinski definition) is 5. The lowest BCUT2D eigenvalue weighted by Gasteiger charge is -2.33. The summed E-state index contributed by atoms with van der Waals surface area (Å²) in [5, 5.41) is 13.3. The molecule has 1 aliphatic carbocycles. The number of ether oxygens (including phenoxy) is 2. The van der Waals surface area contributed by atoms with Gasteiger partial charge in [-0.1, -0.05) is 0 Å². The van der Waals surface area contributed by atoms with E-state index in [1.54, 1.807) is 0 Å². The van der Waals surface area contributed by atoms with Crippen molar-refractivity contribution >= 4 is 5.91 Å². The monoisotopic (exact) mass is 374 g/mol. The molecule has 1 saturated carbocycles. The molecule has 0 spiro atoms. The van der Waals surface area contributed by atoms with Crippen molar-refractivity contribution in [3.05, 3.63) is 17.0 Å². The number of nitrogens with zero attached hydrogens (tertiary/aromatic N) is 4. The molecule has 1 aromatic heterocycles. The quantitative estimate of drug-likeness (QED) is 0.660. The second-order valence-electron chi connectivity index (χ2n) is 7.59. The van der Waals surface area contributed by atoms with Crippen molar-refractivity contribution in [2.45, 2.75) is 58.6 Å². The van der Waals surface area contributed by atoms with Gasteiger partial charge in [-0.25, -0.2) is 0 Å². The van der Waals surface area contributed by atoms with Gasteiger partial charge in [0.1, 0.15) is 0 Å². The first-order valence-electron chi connectivity index (χ1n) is 9.95. The second kappa shape index (κ2) is 9.34. The molecule has 1 atom stereocenters. The third-order valence-electron chi connectivity index (χ3n) is 5.40. The predicted octanol–water partition coefficient (Wildman–Crippen LogP) is 2.00. The number of aromatic nitrogens is 2. The van der Waals surface area contributed by atoms with Gasteiger partial charge < -0.3 is 14.4 Å². The summed E-state index contributed by atoms with van der Waals surface area (Å²) in [7, 11) is 0. The van der Waals surface area contributed by atoms with Crippen LogP contribution in [-0.4, -0.2) is 59.6 Å². The fourth-order valence-electron chi connectivity index (χ4n) is 3.56. The van der Waals surface area contributed by atoms with E-state index in [4.69, 9.17) is 14.7 Å². The first-order valence-corrected chi connectivity index (χ1v) is 9.95. The van der Waals surface area contributed by atoms with Crippen molar-refractivity contribution < 1.29 is 14.3 Å². The molecule has 3 rings (SSSR count). The molecular formula is C20H30N4O3. The van der Waals surface area contributed by atoms with E-state index in [1.165, 1.54) is 12.8 Å². The highest BCUT2D eigenvalue weighted by Gasteiger charge is 2.26. The zero-order chi connectivity index (χ0) is 19.2. The number of aryl methyl sites for hydroxylation is 2. The van der Waals surface area contributed by atoms with Crippen LogP contribution < -0.4 is 0 Å². The molecule has 0 bridgehead atoms. The van der Waals surface area contributed by atoms with Crippen LogP contribution in [0.15, 0.2) is 0 Å². The van der Waals surface area contributed by atoms with E-state index in [9.17, 15) is 4.79 Å². The van der Waals surface area contributed by atoms with Gasteiger partial charge in [-0.05, 0) is 44.6 Å². The van der Waals surface area contributed by atoms with Gasteiger partial charge in [0.05, 0.1) is 44.0 Å². The molecule has 0 aromatic carbocycles. The summed E-state index contributed by atoms with van der Waals surface area (Å²) in [5.74, 6) is 0.904. The zero-order valence-electron chi connectivity index (χ0n) is 16.4. The Labute approximate surface area is 161 Å². The van der Waals surface area contributed by atoms with Crippen molar-refractivity contribution in [1.82, 2.24) is 14.7 Å². The van der Waals surface area contributed by atoms with E-state index in [0.29, 0.717) is 52.1 Å². The highest BCUT2D eigenvalue weighted by molar-refractivity contribution is 5.76. The molecule has 1 saturated heterocycles. The molecule has 0 radical (unpaired) electrons. The molecule has 2 fully saturated rings. The molecule has 148 valence electrons. The maximum atomic E-state index is 12.7. The smallest absolute Gasteiger partial charge is 0.223 e. The van der Waals surface area contributed by atoms with Gasteiger partial charge in [0.2, 0.25) is 5.91 Å².